The molecule has 0 heterocycles. The van der Waals surface area contributed by atoms with E-state index in [-0.39, 0.29) is 17.5 Å². The summed E-state index contributed by atoms with van der Waals surface area (Å²) in [7, 11) is 1.60. The van der Waals surface area contributed by atoms with Gasteiger partial charge in [0.15, 0.2) is 0 Å². The van der Waals surface area contributed by atoms with Crippen molar-refractivity contribution in [3.63, 3.8) is 0 Å². The number of nitrogens with one attached hydrogen (secondary N) is 1. The van der Waals surface area contributed by atoms with Crippen molar-refractivity contribution in [2.45, 2.75) is 13.0 Å². The van der Waals surface area contributed by atoms with E-state index in [4.69, 9.17) is 0 Å². The van der Waals surface area contributed by atoms with Gasteiger partial charge in [-0.15, -0.1) is 0 Å². The molecule has 0 fully saturated rings. The van der Waals surface area contributed by atoms with Crippen molar-refractivity contribution >= 4 is 17.4 Å². The van der Waals surface area contributed by atoms with E-state index in [1.165, 1.54) is 35.2 Å². The summed E-state index contributed by atoms with van der Waals surface area (Å²) >= 11 is 0. The first-order valence-electron chi connectivity index (χ1n) is 6.92. The second kappa shape index (κ2) is 6.87. The molecule has 0 bridgehead atoms. The van der Waals surface area contributed by atoms with Gasteiger partial charge in [0, 0.05) is 24.9 Å². The number of nitrogens with zero attached hydrogens (tertiary/aromatic N) is 2. The van der Waals surface area contributed by atoms with Crippen LogP contribution in [0.2, 0.25) is 0 Å². The fraction of sp³-hybridized carbons (Fsp3) is 0.188. The van der Waals surface area contributed by atoms with Crippen LogP contribution in [0.1, 0.15) is 18.5 Å². The smallest absolute Gasteiger partial charge is 0.321 e. The zero-order valence-corrected chi connectivity index (χ0v) is 12.7. The monoisotopic (exact) mass is 317 g/mol. The van der Waals surface area contributed by atoms with Crippen LogP contribution in [-0.4, -0.2) is 22.9 Å². The Bertz CT molecular complexity index is 719. The van der Waals surface area contributed by atoms with Crippen LogP contribution in [-0.2, 0) is 0 Å². The molecule has 6 nitrogen and oxygen atoms in total. The summed E-state index contributed by atoms with van der Waals surface area (Å²) in [5.41, 5.74) is 1.02. The van der Waals surface area contributed by atoms with Crippen LogP contribution in [0.25, 0.3) is 0 Å². The third kappa shape index (κ3) is 4.03. The lowest BCUT2D eigenvalue weighted by Gasteiger charge is -2.25. The van der Waals surface area contributed by atoms with Crippen molar-refractivity contribution in [2.24, 2.45) is 0 Å². The van der Waals surface area contributed by atoms with Crippen LogP contribution in [0.4, 0.5) is 20.6 Å². The highest BCUT2D eigenvalue weighted by molar-refractivity contribution is 5.89. The molecule has 120 valence electrons. The van der Waals surface area contributed by atoms with Gasteiger partial charge in [-0.05, 0) is 30.7 Å². The highest BCUT2D eigenvalue weighted by Crippen LogP contribution is 2.21. The molecule has 0 aliphatic heterocycles. The Morgan fingerprint density at radius 3 is 2.52 bits per heavy atom. The average molecular weight is 317 g/mol. The first kappa shape index (κ1) is 16.4. The summed E-state index contributed by atoms with van der Waals surface area (Å²) in [4.78, 5) is 23.9. The third-order valence-corrected chi connectivity index (χ3v) is 3.56. The Morgan fingerprint density at radius 2 is 1.91 bits per heavy atom. The van der Waals surface area contributed by atoms with Crippen molar-refractivity contribution in [1.82, 2.24) is 4.90 Å². The molecule has 0 aromatic heterocycles. The second-order valence-electron chi connectivity index (χ2n) is 5.08. The number of hydrogen-bond donors (Lipinski definition) is 1. The van der Waals surface area contributed by atoms with E-state index in [9.17, 15) is 19.3 Å². The summed E-state index contributed by atoms with van der Waals surface area (Å²) in [5, 5.41) is 13.4. The highest BCUT2D eigenvalue weighted by Gasteiger charge is 2.18. The topological polar surface area (TPSA) is 75.5 Å². The molecule has 0 aliphatic carbocycles. The summed E-state index contributed by atoms with van der Waals surface area (Å²) in [5.74, 6) is -0.343. The van der Waals surface area contributed by atoms with Gasteiger partial charge < -0.3 is 10.2 Å². The largest absolute Gasteiger partial charge is 0.322 e. The van der Waals surface area contributed by atoms with Crippen molar-refractivity contribution in [1.29, 1.82) is 0 Å². The summed E-state index contributed by atoms with van der Waals surface area (Å²) in [6.45, 7) is 1.81. The second-order valence-corrected chi connectivity index (χ2v) is 5.08. The van der Waals surface area contributed by atoms with Gasteiger partial charge >= 0.3 is 6.03 Å². The number of carbonyl (C=O) groups is 1. The molecular weight excluding hydrogens is 301 g/mol. The molecule has 23 heavy (non-hydrogen) atoms. The molecule has 1 atom stereocenters. The Hall–Kier alpha value is -2.96. The van der Waals surface area contributed by atoms with Gasteiger partial charge in [0.2, 0.25) is 0 Å². The Morgan fingerprint density at radius 1 is 1.26 bits per heavy atom. The number of nitro groups is 1. The number of urea groups is 1. The van der Waals surface area contributed by atoms with Gasteiger partial charge in [-0.3, -0.25) is 10.1 Å². The van der Waals surface area contributed by atoms with Gasteiger partial charge in [-0.1, -0.05) is 18.2 Å². The van der Waals surface area contributed by atoms with E-state index >= 15 is 0 Å². The van der Waals surface area contributed by atoms with Crippen molar-refractivity contribution in [2.75, 3.05) is 12.4 Å². The molecule has 0 spiro atoms. The maximum Gasteiger partial charge on any atom is 0.322 e. The van der Waals surface area contributed by atoms with Gasteiger partial charge in [-0.25, -0.2) is 9.18 Å². The number of amides is 2. The number of hydrogen-bond acceptors (Lipinski definition) is 3. The van der Waals surface area contributed by atoms with Crippen molar-refractivity contribution in [3.05, 3.63) is 70.0 Å². The van der Waals surface area contributed by atoms with Crippen LogP contribution in [0.3, 0.4) is 0 Å². The van der Waals surface area contributed by atoms with Gasteiger partial charge in [0.25, 0.3) is 5.69 Å². The van der Waals surface area contributed by atoms with E-state index in [1.54, 1.807) is 32.2 Å². The average Bonchev–Trinajstić information content (AvgIpc) is 2.54. The normalized spacial score (nSPS) is 11.6. The molecule has 0 radical (unpaired) electrons. The SMILES string of the molecule is C[C@@H](c1ccc(F)cc1)N(C)C(=O)Nc1cccc([N+](=O)[O-])c1. The van der Waals surface area contributed by atoms with Crippen molar-refractivity contribution in [3.8, 4) is 0 Å². The van der Waals surface area contributed by atoms with Crippen LogP contribution in [0.5, 0.6) is 0 Å². The Labute approximate surface area is 132 Å². The van der Waals surface area contributed by atoms with Gasteiger partial charge in [0.1, 0.15) is 5.82 Å². The number of halogens is 1. The minimum Gasteiger partial charge on any atom is -0.321 e. The molecular formula is C16H16FN3O3. The number of carbonyl (C=O) groups excluding carboxylic acids is 1. The summed E-state index contributed by atoms with van der Waals surface area (Å²) < 4.78 is 13.0. The molecule has 0 aliphatic rings. The molecule has 2 amide bonds. The zero-order valence-electron chi connectivity index (χ0n) is 12.7. The van der Waals surface area contributed by atoms with Crippen LogP contribution in [0.15, 0.2) is 48.5 Å². The number of rotatable bonds is 4. The predicted molar refractivity (Wildman–Crippen MR) is 84.7 cm³/mol. The maximum absolute atomic E-state index is 13.0. The first-order chi connectivity index (χ1) is 10.9. The van der Waals surface area contributed by atoms with Crippen molar-refractivity contribution < 1.29 is 14.1 Å². The quantitative estimate of drug-likeness (QED) is 0.685. The van der Waals surface area contributed by atoms with E-state index in [1.807, 2.05) is 0 Å². The first-order valence-corrected chi connectivity index (χ1v) is 6.92. The van der Waals surface area contributed by atoms with Gasteiger partial charge in [-0.2, -0.15) is 0 Å². The summed E-state index contributed by atoms with van der Waals surface area (Å²) in [6, 6.07) is 10.9. The van der Waals surface area contributed by atoms with Crippen LogP contribution < -0.4 is 5.32 Å². The number of non-ortho nitro benzene ring substituents is 1. The number of anilines is 1. The van der Waals surface area contributed by atoms with E-state index in [0.717, 1.165) is 5.56 Å². The molecule has 2 rings (SSSR count). The lowest BCUT2D eigenvalue weighted by Crippen LogP contribution is -2.33. The lowest BCUT2D eigenvalue weighted by atomic mass is 10.1. The maximum atomic E-state index is 13.0. The van der Waals surface area contributed by atoms with Crippen LogP contribution >= 0.6 is 0 Å². The molecule has 0 unspecified atom stereocenters. The summed E-state index contributed by atoms with van der Waals surface area (Å²) in [6.07, 6.45) is 0. The molecule has 1 N–H and O–H groups in total. The predicted octanol–water partition coefficient (Wildman–Crippen LogP) is 3.96. The fourth-order valence-corrected chi connectivity index (χ4v) is 2.05. The fourth-order valence-electron chi connectivity index (χ4n) is 2.05. The van der Waals surface area contributed by atoms with Gasteiger partial charge in [0.05, 0.1) is 11.0 Å². The molecule has 7 heteroatoms. The molecule has 0 saturated carbocycles. The minimum atomic E-state index is -0.527. The number of nitro benzene ring substituents is 1. The van der Waals surface area contributed by atoms with E-state index in [0.29, 0.717) is 5.69 Å². The van der Waals surface area contributed by atoms with E-state index < -0.39 is 11.0 Å². The highest BCUT2D eigenvalue weighted by atomic mass is 19.1. The van der Waals surface area contributed by atoms with E-state index in [2.05, 4.69) is 5.32 Å². The standard InChI is InChI=1S/C16H16FN3O3/c1-11(12-6-8-13(17)9-7-12)19(2)16(21)18-14-4-3-5-15(10-14)20(22)23/h3-11H,1-2H3,(H,18,21)/t11-/m0/s1. The lowest BCUT2D eigenvalue weighted by molar-refractivity contribution is -0.384. The zero-order chi connectivity index (χ0) is 17.0. The molecule has 0 saturated heterocycles. The molecule has 2 aromatic carbocycles. The Balaban J connectivity index is 2.09. The van der Waals surface area contributed by atoms with Crippen LogP contribution in [0, 0.1) is 15.9 Å². The third-order valence-electron chi connectivity index (χ3n) is 3.56. The molecule has 2 aromatic rings. The number of benzene rings is 2. The Kier molecular flexibility index (Phi) is 4.90. The minimum absolute atomic E-state index is 0.1000.